The molecule has 0 aromatic heterocycles. The van der Waals surface area contributed by atoms with E-state index in [1.54, 1.807) is 54.6 Å². The number of sulfonamides is 1. The molecule has 0 saturated heterocycles. The summed E-state index contributed by atoms with van der Waals surface area (Å²) in [5.41, 5.74) is 5.18. The largest absolute Gasteiger partial charge is 0.482 e. The smallest absolute Gasteiger partial charge is 0.343 e. The van der Waals surface area contributed by atoms with Crippen molar-refractivity contribution in [3.05, 3.63) is 89.5 Å². The predicted octanol–water partition coefficient (Wildman–Crippen LogP) is 3.20. The minimum Gasteiger partial charge on any atom is -0.482 e. The second kappa shape index (κ2) is 12.0. The Balaban J connectivity index is 1.71. The number of carbonyl (C=O) groups is 2. The van der Waals surface area contributed by atoms with Gasteiger partial charge in [-0.1, -0.05) is 29.8 Å². The number of carbonyl (C=O) groups excluding carboxylic acids is 2. The van der Waals surface area contributed by atoms with Crippen molar-refractivity contribution in [3.8, 4) is 5.75 Å². The van der Waals surface area contributed by atoms with Crippen LogP contribution in [0.25, 0.3) is 0 Å². The first-order valence-electron chi connectivity index (χ1n) is 11.0. The van der Waals surface area contributed by atoms with E-state index in [0.29, 0.717) is 17.0 Å². The van der Waals surface area contributed by atoms with E-state index in [0.717, 1.165) is 15.4 Å². The number of benzene rings is 3. The summed E-state index contributed by atoms with van der Waals surface area (Å²) >= 11 is 0. The number of ether oxygens (including phenoxy) is 2. The van der Waals surface area contributed by atoms with Crippen LogP contribution in [0.5, 0.6) is 5.75 Å². The molecule has 3 rings (SSSR count). The molecule has 1 N–H and O–H groups in total. The van der Waals surface area contributed by atoms with Crippen molar-refractivity contribution in [3.63, 3.8) is 0 Å². The first-order chi connectivity index (χ1) is 17.2. The van der Waals surface area contributed by atoms with Crippen LogP contribution in [0.3, 0.4) is 0 Å². The number of aryl methyl sites for hydroxylation is 2. The first kappa shape index (κ1) is 26.4. The number of rotatable bonds is 10. The van der Waals surface area contributed by atoms with Crippen molar-refractivity contribution in [2.24, 2.45) is 5.10 Å². The second-order valence-corrected chi connectivity index (χ2v) is 9.75. The highest BCUT2D eigenvalue weighted by molar-refractivity contribution is 7.92. The molecule has 0 spiro atoms. The maximum atomic E-state index is 13.4. The first-order valence-corrected chi connectivity index (χ1v) is 12.4. The van der Waals surface area contributed by atoms with E-state index < -0.39 is 28.4 Å². The predicted molar refractivity (Wildman–Crippen MR) is 137 cm³/mol. The van der Waals surface area contributed by atoms with Gasteiger partial charge in [-0.05, 0) is 73.5 Å². The molecule has 0 fully saturated rings. The van der Waals surface area contributed by atoms with Gasteiger partial charge in [0.2, 0.25) is 0 Å². The van der Waals surface area contributed by atoms with Crippen molar-refractivity contribution in [1.82, 2.24) is 5.43 Å². The van der Waals surface area contributed by atoms with Gasteiger partial charge in [-0.25, -0.2) is 18.6 Å². The molecule has 0 aliphatic heterocycles. The molecular formula is C26H27N3O6S. The molecule has 0 aliphatic carbocycles. The van der Waals surface area contributed by atoms with Crippen molar-refractivity contribution in [2.45, 2.75) is 18.7 Å². The molecule has 0 heterocycles. The van der Waals surface area contributed by atoms with E-state index in [1.807, 2.05) is 19.9 Å². The minimum atomic E-state index is -4.00. The van der Waals surface area contributed by atoms with Crippen LogP contribution >= 0.6 is 0 Å². The van der Waals surface area contributed by atoms with E-state index in [4.69, 9.17) is 4.74 Å². The van der Waals surface area contributed by atoms with Crippen molar-refractivity contribution < 1.29 is 27.5 Å². The molecule has 9 nitrogen and oxygen atoms in total. The minimum absolute atomic E-state index is 0.0837. The van der Waals surface area contributed by atoms with Crippen LogP contribution in [0.4, 0.5) is 5.69 Å². The van der Waals surface area contributed by atoms with Gasteiger partial charge < -0.3 is 9.47 Å². The molecule has 0 saturated carbocycles. The molecule has 0 aliphatic rings. The molecule has 0 bridgehead atoms. The summed E-state index contributed by atoms with van der Waals surface area (Å²) < 4.78 is 37.6. The summed E-state index contributed by atoms with van der Waals surface area (Å²) in [7, 11) is -2.73. The maximum absolute atomic E-state index is 13.4. The molecule has 3 aromatic carbocycles. The zero-order valence-corrected chi connectivity index (χ0v) is 21.0. The SMILES string of the molecule is COC(=O)COc1ccc(/C=N\NC(=O)CN(c2cccc(C)c2)S(=O)(=O)c2ccc(C)cc2)cc1. The highest BCUT2D eigenvalue weighted by Gasteiger charge is 2.27. The number of hydrogen-bond donors (Lipinski definition) is 1. The second-order valence-electron chi connectivity index (χ2n) is 7.89. The number of anilines is 1. The Kier molecular flexibility index (Phi) is 8.80. The molecule has 3 aromatic rings. The zero-order chi connectivity index (χ0) is 26.1. The van der Waals surface area contributed by atoms with Crippen LogP contribution < -0.4 is 14.5 Å². The van der Waals surface area contributed by atoms with Crippen molar-refractivity contribution in [2.75, 3.05) is 24.6 Å². The number of esters is 1. The van der Waals surface area contributed by atoms with Gasteiger partial charge in [-0.3, -0.25) is 9.10 Å². The van der Waals surface area contributed by atoms with Crippen LogP contribution in [-0.4, -0.2) is 46.8 Å². The van der Waals surface area contributed by atoms with Gasteiger partial charge in [0.15, 0.2) is 6.61 Å². The number of hydrogen-bond acceptors (Lipinski definition) is 7. The van der Waals surface area contributed by atoms with Gasteiger partial charge in [0.25, 0.3) is 15.9 Å². The normalized spacial score (nSPS) is 11.2. The zero-order valence-electron chi connectivity index (χ0n) is 20.2. The molecular weight excluding hydrogens is 482 g/mol. The Morgan fingerprint density at radius 3 is 2.31 bits per heavy atom. The topological polar surface area (TPSA) is 114 Å². The van der Waals surface area contributed by atoms with Gasteiger partial charge in [0.05, 0.1) is 23.9 Å². The Morgan fingerprint density at radius 2 is 1.67 bits per heavy atom. The van der Waals surface area contributed by atoms with Crippen LogP contribution in [0.1, 0.15) is 16.7 Å². The van der Waals surface area contributed by atoms with Crippen molar-refractivity contribution in [1.29, 1.82) is 0 Å². The highest BCUT2D eigenvalue weighted by atomic mass is 32.2. The highest BCUT2D eigenvalue weighted by Crippen LogP contribution is 2.24. The average molecular weight is 510 g/mol. The lowest BCUT2D eigenvalue weighted by Gasteiger charge is -2.24. The molecule has 0 atom stereocenters. The quantitative estimate of drug-likeness (QED) is 0.255. The Bertz CT molecular complexity index is 1340. The van der Waals surface area contributed by atoms with E-state index in [9.17, 15) is 18.0 Å². The van der Waals surface area contributed by atoms with Crippen LogP contribution in [0.15, 0.2) is 82.8 Å². The van der Waals surface area contributed by atoms with Gasteiger partial charge in [-0.15, -0.1) is 0 Å². The number of nitrogens with one attached hydrogen (secondary N) is 1. The van der Waals surface area contributed by atoms with E-state index >= 15 is 0 Å². The van der Waals surface area contributed by atoms with Gasteiger partial charge in [0.1, 0.15) is 12.3 Å². The molecule has 0 unspecified atom stereocenters. The summed E-state index contributed by atoms with van der Waals surface area (Å²) in [5.74, 6) is -0.634. The van der Waals surface area contributed by atoms with Crippen molar-refractivity contribution >= 4 is 33.8 Å². The molecule has 188 valence electrons. The summed E-state index contributed by atoms with van der Waals surface area (Å²) in [6, 6.07) is 20.0. The summed E-state index contributed by atoms with van der Waals surface area (Å²) in [6.45, 7) is 3.04. The molecule has 0 radical (unpaired) electrons. The average Bonchev–Trinajstić information content (AvgIpc) is 2.86. The number of amides is 1. The Hall–Kier alpha value is -4.18. The lowest BCUT2D eigenvalue weighted by atomic mass is 10.2. The number of methoxy groups -OCH3 is 1. The fraction of sp³-hybridized carbons (Fsp3) is 0.192. The summed E-state index contributed by atoms with van der Waals surface area (Å²) in [6.07, 6.45) is 1.41. The third-order valence-electron chi connectivity index (χ3n) is 5.05. The number of nitrogens with zero attached hydrogens (tertiary/aromatic N) is 2. The Morgan fingerprint density at radius 1 is 0.972 bits per heavy atom. The molecule has 10 heteroatoms. The monoisotopic (exact) mass is 509 g/mol. The lowest BCUT2D eigenvalue weighted by molar-refractivity contribution is -0.142. The van der Waals surface area contributed by atoms with E-state index in [-0.39, 0.29) is 11.5 Å². The summed E-state index contributed by atoms with van der Waals surface area (Å²) in [5, 5.41) is 3.93. The van der Waals surface area contributed by atoms with E-state index in [1.165, 1.54) is 25.5 Å². The van der Waals surface area contributed by atoms with Gasteiger partial charge in [0, 0.05) is 0 Å². The van der Waals surface area contributed by atoms with Crippen LogP contribution in [0, 0.1) is 13.8 Å². The maximum Gasteiger partial charge on any atom is 0.343 e. The third kappa shape index (κ3) is 7.16. The Labute approximate surface area is 210 Å². The van der Waals surface area contributed by atoms with Crippen LogP contribution in [-0.2, 0) is 24.3 Å². The van der Waals surface area contributed by atoms with E-state index in [2.05, 4.69) is 15.3 Å². The molecule has 1 amide bonds. The standard InChI is InChI=1S/C26H27N3O6S/c1-19-7-13-24(14-8-19)36(32,33)29(22-6-4-5-20(2)15-22)17-25(30)28-27-16-21-9-11-23(12-10-21)35-18-26(31)34-3/h4-16H,17-18H2,1-3H3,(H,28,30)/b27-16-. The fourth-order valence-electron chi connectivity index (χ4n) is 3.13. The fourth-order valence-corrected chi connectivity index (χ4v) is 4.54. The molecule has 36 heavy (non-hydrogen) atoms. The van der Waals surface area contributed by atoms with Crippen LogP contribution in [0.2, 0.25) is 0 Å². The van der Waals surface area contributed by atoms with Gasteiger partial charge in [-0.2, -0.15) is 5.10 Å². The third-order valence-corrected chi connectivity index (χ3v) is 6.84. The van der Waals surface area contributed by atoms with Gasteiger partial charge >= 0.3 is 5.97 Å². The lowest BCUT2D eigenvalue weighted by Crippen LogP contribution is -2.39. The number of hydrazone groups is 1. The summed E-state index contributed by atoms with van der Waals surface area (Å²) in [4.78, 5) is 23.9.